The van der Waals surface area contributed by atoms with Gasteiger partial charge in [-0.3, -0.25) is 0 Å². The second-order valence-corrected chi connectivity index (χ2v) is 4.75. The number of halogens is 1. The summed E-state index contributed by atoms with van der Waals surface area (Å²) >= 11 is 1.19. The van der Waals surface area contributed by atoms with Crippen LogP contribution >= 0.6 is 11.3 Å². The molecule has 0 aliphatic carbocycles. The maximum Gasteiger partial charge on any atom is 0.191 e. The lowest BCUT2D eigenvalue weighted by atomic mass is 10.1. The van der Waals surface area contributed by atoms with Crippen molar-refractivity contribution in [2.24, 2.45) is 0 Å². The lowest BCUT2D eigenvalue weighted by molar-refractivity contribution is 0.630. The number of aromatic nitrogens is 3. The van der Waals surface area contributed by atoms with Gasteiger partial charge < -0.3 is 5.73 Å². The first-order chi connectivity index (χ1) is 9.17. The number of rotatable bonds is 1. The van der Waals surface area contributed by atoms with E-state index in [9.17, 15) is 4.39 Å². The first-order valence-electron chi connectivity index (χ1n) is 5.26. The molecular formula is C12H6FN5S. The van der Waals surface area contributed by atoms with Crippen LogP contribution in [0, 0.1) is 17.1 Å². The molecule has 0 radical (unpaired) electrons. The number of thiazole rings is 1. The monoisotopic (exact) mass is 271 g/mol. The predicted molar refractivity (Wildman–Crippen MR) is 69.7 cm³/mol. The first kappa shape index (κ1) is 11.5. The number of nitriles is 1. The standard InChI is InChI=1S/C12H6FN5S/c13-8-3-6(4-14)1-2-7(8)9-5-16-10-11(17-9)19-12(15)18-10/h1-3,5H,(H2,15,16,18). The minimum Gasteiger partial charge on any atom is -0.375 e. The molecule has 1 aromatic carbocycles. The fraction of sp³-hybridized carbons (Fsp3) is 0. The SMILES string of the molecule is N#Cc1ccc(-c2cnc3nc(N)sc3n2)c(F)c1. The highest BCUT2D eigenvalue weighted by Gasteiger charge is 2.11. The molecule has 3 aromatic rings. The average Bonchev–Trinajstić information content (AvgIpc) is 2.77. The smallest absolute Gasteiger partial charge is 0.191 e. The molecule has 0 aliphatic heterocycles. The second kappa shape index (κ2) is 4.26. The average molecular weight is 271 g/mol. The van der Waals surface area contributed by atoms with Crippen LogP contribution in [-0.4, -0.2) is 15.0 Å². The van der Waals surface area contributed by atoms with Gasteiger partial charge in [-0.25, -0.2) is 14.4 Å². The minimum absolute atomic E-state index is 0.261. The molecule has 0 unspecified atom stereocenters. The third-order valence-electron chi connectivity index (χ3n) is 2.51. The first-order valence-corrected chi connectivity index (χ1v) is 6.08. The van der Waals surface area contributed by atoms with Gasteiger partial charge >= 0.3 is 0 Å². The molecule has 0 saturated heterocycles. The van der Waals surface area contributed by atoms with Gasteiger partial charge in [-0.05, 0) is 18.2 Å². The zero-order chi connectivity index (χ0) is 13.4. The van der Waals surface area contributed by atoms with E-state index in [-0.39, 0.29) is 5.56 Å². The Labute approximate surface area is 111 Å². The third-order valence-corrected chi connectivity index (χ3v) is 3.28. The maximum absolute atomic E-state index is 13.9. The van der Waals surface area contributed by atoms with Crippen LogP contribution in [0.3, 0.4) is 0 Å². The summed E-state index contributed by atoms with van der Waals surface area (Å²) in [6.45, 7) is 0. The van der Waals surface area contributed by atoms with Crippen molar-refractivity contribution in [2.75, 3.05) is 5.73 Å². The Morgan fingerprint density at radius 1 is 1.32 bits per heavy atom. The highest BCUT2D eigenvalue weighted by atomic mass is 32.1. The van der Waals surface area contributed by atoms with Crippen molar-refractivity contribution in [3.05, 3.63) is 35.8 Å². The second-order valence-electron chi connectivity index (χ2n) is 3.74. The van der Waals surface area contributed by atoms with Crippen molar-refractivity contribution in [3.63, 3.8) is 0 Å². The predicted octanol–water partition coefficient (Wildman–Crippen LogP) is 2.35. The Bertz CT molecular complexity index is 821. The zero-order valence-electron chi connectivity index (χ0n) is 9.46. The van der Waals surface area contributed by atoms with Crippen LogP contribution in [0.1, 0.15) is 5.56 Å². The molecule has 2 N–H and O–H groups in total. The number of nitrogen functional groups attached to an aromatic ring is 1. The highest BCUT2D eigenvalue weighted by molar-refractivity contribution is 7.21. The minimum atomic E-state index is -0.509. The molecule has 0 aliphatic rings. The van der Waals surface area contributed by atoms with E-state index < -0.39 is 5.82 Å². The summed E-state index contributed by atoms with van der Waals surface area (Å²) in [5.74, 6) is -0.509. The molecule has 3 rings (SSSR count). The summed E-state index contributed by atoms with van der Waals surface area (Å²) in [5, 5.41) is 9.07. The molecule has 0 amide bonds. The molecule has 0 saturated carbocycles. The van der Waals surface area contributed by atoms with Gasteiger partial charge in [0.2, 0.25) is 0 Å². The molecule has 0 fully saturated rings. The van der Waals surface area contributed by atoms with Crippen molar-refractivity contribution in [3.8, 4) is 17.3 Å². The van der Waals surface area contributed by atoms with Gasteiger partial charge in [0.25, 0.3) is 0 Å². The molecule has 2 aromatic heterocycles. The largest absolute Gasteiger partial charge is 0.375 e. The third kappa shape index (κ3) is 1.98. The Balaban J connectivity index is 2.16. The van der Waals surface area contributed by atoms with Crippen LogP contribution in [0.5, 0.6) is 0 Å². The van der Waals surface area contributed by atoms with Gasteiger partial charge in [-0.2, -0.15) is 10.2 Å². The number of benzene rings is 1. The number of hydrogen-bond acceptors (Lipinski definition) is 6. The van der Waals surface area contributed by atoms with Crippen LogP contribution in [0.15, 0.2) is 24.4 Å². The number of hydrogen-bond donors (Lipinski definition) is 1. The van der Waals surface area contributed by atoms with Crippen molar-refractivity contribution < 1.29 is 4.39 Å². The molecule has 0 bridgehead atoms. The van der Waals surface area contributed by atoms with Crippen molar-refractivity contribution >= 4 is 26.9 Å². The maximum atomic E-state index is 13.9. The topological polar surface area (TPSA) is 88.5 Å². The normalized spacial score (nSPS) is 10.5. The lowest BCUT2D eigenvalue weighted by Gasteiger charge is -2.02. The van der Waals surface area contributed by atoms with Crippen molar-refractivity contribution in [1.29, 1.82) is 5.26 Å². The number of anilines is 1. The molecule has 0 atom stereocenters. The van der Waals surface area contributed by atoms with Crippen LogP contribution in [0.4, 0.5) is 9.52 Å². The Kier molecular flexibility index (Phi) is 2.58. The van der Waals surface area contributed by atoms with E-state index in [2.05, 4.69) is 15.0 Å². The van der Waals surface area contributed by atoms with Gasteiger partial charge in [0.1, 0.15) is 5.82 Å². The van der Waals surface area contributed by atoms with E-state index in [1.807, 2.05) is 6.07 Å². The Hall–Kier alpha value is -2.59. The molecule has 5 nitrogen and oxygen atoms in total. The summed E-state index contributed by atoms with van der Waals surface area (Å²) in [7, 11) is 0. The van der Waals surface area contributed by atoms with Gasteiger partial charge in [0, 0.05) is 5.56 Å². The van der Waals surface area contributed by atoms with Gasteiger partial charge in [-0.15, -0.1) is 0 Å². The van der Waals surface area contributed by atoms with Crippen molar-refractivity contribution in [1.82, 2.24) is 15.0 Å². The van der Waals surface area contributed by atoms with E-state index in [0.29, 0.717) is 26.9 Å². The lowest BCUT2D eigenvalue weighted by Crippen LogP contribution is -1.91. The Morgan fingerprint density at radius 3 is 2.89 bits per heavy atom. The summed E-state index contributed by atoms with van der Waals surface area (Å²) in [6, 6.07) is 6.09. The number of fused-ring (bicyclic) bond motifs is 1. The summed E-state index contributed by atoms with van der Waals surface area (Å²) < 4.78 is 13.9. The molecule has 92 valence electrons. The number of nitrogens with two attached hydrogens (primary N) is 1. The summed E-state index contributed by atoms with van der Waals surface area (Å²) in [6.07, 6.45) is 1.44. The fourth-order valence-corrected chi connectivity index (χ4v) is 2.32. The molecular weight excluding hydrogens is 265 g/mol. The molecule has 0 spiro atoms. The quantitative estimate of drug-likeness (QED) is 0.733. The summed E-state index contributed by atoms with van der Waals surface area (Å²) in [5.41, 5.74) is 6.95. The van der Waals surface area contributed by atoms with Crippen LogP contribution < -0.4 is 5.73 Å². The van der Waals surface area contributed by atoms with E-state index >= 15 is 0 Å². The Morgan fingerprint density at radius 2 is 2.16 bits per heavy atom. The van der Waals surface area contributed by atoms with E-state index in [1.165, 1.54) is 35.7 Å². The van der Waals surface area contributed by atoms with Gasteiger partial charge in [0.05, 0.1) is 23.5 Å². The van der Waals surface area contributed by atoms with Gasteiger partial charge in [-0.1, -0.05) is 11.3 Å². The fourth-order valence-electron chi connectivity index (χ4n) is 1.66. The van der Waals surface area contributed by atoms with E-state index in [4.69, 9.17) is 11.0 Å². The van der Waals surface area contributed by atoms with Crippen LogP contribution in [0.2, 0.25) is 0 Å². The molecule has 19 heavy (non-hydrogen) atoms. The molecule has 7 heteroatoms. The number of nitrogens with zero attached hydrogens (tertiary/aromatic N) is 4. The highest BCUT2D eigenvalue weighted by Crippen LogP contribution is 2.26. The van der Waals surface area contributed by atoms with E-state index in [0.717, 1.165) is 0 Å². The van der Waals surface area contributed by atoms with E-state index in [1.54, 1.807) is 0 Å². The van der Waals surface area contributed by atoms with Crippen molar-refractivity contribution in [2.45, 2.75) is 0 Å². The van der Waals surface area contributed by atoms with Gasteiger partial charge in [0.15, 0.2) is 15.6 Å². The summed E-state index contributed by atoms with van der Waals surface area (Å²) in [4.78, 5) is 12.9. The zero-order valence-corrected chi connectivity index (χ0v) is 10.3. The van der Waals surface area contributed by atoms with Crippen LogP contribution in [-0.2, 0) is 0 Å². The molecule has 2 heterocycles. The van der Waals surface area contributed by atoms with Crippen LogP contribution in [0.25, 0.3) is 21.7 Å².